The van der Waals surface area contributed by atoms with Crippen LogP contribution in [0.5, 0.6) is 0 Å². The van der Waals surface area contributed by atoms with Gasteiger partial charge in [0.15, 0.2) is 0 Å². The largest absolute Gasteiger partial charge is 0.396 e. The highest BCUT2D eigenvalue weighted by Gasteiger charge is 2.26. The second-order valence-corrected chi connectivity index (χ2v) is 5.74. The Labute approximate surface area is 132 Å². The van der Waals surface area contributed by atoms with Gasteiger partial charge in [-0.25, -0.2) is 0 Å². The van der Waals surface area contributed by atoms with Gasteiger partial charge in [0.05, 0.1) is 5.60 Å². The van der Waals surface area contributed by atoms with Gasteiger partial charge in [-0.1, -0.05) is 72.8 Å². The highest BCUT2D eigenvalue weighted by atomic mass is 16.3. The third-order valence-electron chi connectivity index (χ3n) is 3.71. The third-order valence-corrected chi connectivity index (χ3v) is 3.71. The zero-order valence-corrected chi connectivity index (χ0v) is 12.9. The molecular weight excluding hydrogens is 272 g/mol. The Kier molecular flexibility index (Phi) is 6.38. The van der Waals surface area contributed by atoms with Gasteiger partial charge in [0.2, 0.25) is 0 Å². The number of aliphatic hydroxyl groups excluding tert-OH is 1. The van der Waals surface area contributed by atoms with Gasteiger partial charge in [0, 0.05) is 19.4 Å². The molecule has 0 bridgehead atoms. The molecule has 0 aliphatic carbocycles. The first-order valence-electron chi connectivity index (χ1n) is 7.78. The van der Waals surface area contributed by atoms with E-state index in [2.05, 4.69) is 0 Å². The van der Waals surface area contributed by atoms with Crippen LogP contribution in [0.1, 0.15) is 24.0 Å². The van der Waals surface area contributed by atoms with Crippen LogP contribution in [0.2, 0.25) is 0 Å². The lowest BCUT2D eigenvalue weighted by atomic mass is 9.85. The molecule has 0 saturated heterocycles. The van der Waals surface area contributed by atoms with Gasteiger partial charge in [-0.15, -0.1) is 0 Å². The molecule has 22 heavy (non-hydrogen) atoms. The summed E-state index contributed by atoms with van der Waals surface area (Å²) in [5.41, 5.74) is 1.46. The molecule has 0 aliphatic heterocycles. The standard InChI is InChI=1S/C20H24O2/c21-15-9-3-8-14-20(22,16-18-10-4-1-5-11-18)17-19-12-6-2-7-13-19/h1-8,10-13,21-22H,9,14-17H2/b8-3+. The van der Waals surface area contributed by atoms with Gasteiger partial charge in [-0.3, -0.25) is 0 Å². The van der Waals surface area contributed by atoms with E-state index in [1.807, 2.05) is 72.8 Å². The molecule has 0 saturated carbocycles. The maximum absolute atomic E-state index is 11.1. The number of benzene rings is 2. The second-order valence-electron chi connectivity index (χ2n) is 5.74. The smallest absolute Gasteiger partial charge is 0.0762 e. The fourth-order valence-electron chi connectivity index (χ4n) is 2.65. The molecule has 0 unspecified atom stereocenters. The molecule has 0 radical (unpaired) electrons. The van der Waals surface area contributed by atoms with Crippen LogP contribution >= 0.6 is 0 Å². The zero-order valence-electron chi connectivity index (χ0n) is 12.9. The van der Waals surface area contributed by atoms with Crippen LogP contribution < -0.4 is 0 Å². The van der Waals surface area contributed by atoms with Crippen molar-refractivity contribution in [3.8, 4) is 0 Å². The minimum Gasteiger partial charge on any atom is -0.396 e. The third kappa shape index (κ3) is 5.47. The average molecular weight is 296 g/mol. The first kappa shape index (κ1) is 16.5. The first-order chi connectivity index (χ1) is 10.7. The molecule has 2 N–H and O–H groups in total. The van der Waals surface area contributed by atoms with Crippen molar-refractivity contribution in [2.45, 2.75) is 31.3 Å². The summed E-state index contributed by atoms with van der Waals surface area (Å²) in [5.74, 6) is 0. The van der Waals surface area contributed by atoms with Crippen molar-refractivity contribution < 1.29 is 10.2 Å². The van der Waals surface area contributed by atoms with E-state index >= 15 is 0 Å². The molecule has 0 fully saturated rings. The lowest BCUT2D eigenvalue weighted by molar-refractivity contribution is 0.0437. The first-order valence-corrected chi connectivity index (χ1v) is 7.78. The van der Waals surface area contributed by atoms with E-state index in [-0.39, 0.29) is 6.61 Å². The Morgan fingerprint density at radius 2 is 1.27 bits per heavy atom. The SMILES string of the molecule is OCC/C=C/CC(O)(Cc1ccccc1)Cc1ccccc1. The van der Waals surface area contributed by atoms with Crippen molar-refractivity contribution in [2.75, 3.05) is 6.61 Å². The van der Waals surface area contributed by atoms with E-state index < -0.39 is 5.60 Å². The zero-order chi connectivity index (χ0) is 15.7. The average Bonchev–Trinajstić information content (AvgIpc) is 2.53. The fraction of sp³-hybridized carbons (Fsp3) is 0.300. The monoisotopic (exact) mass is 296 g/mol. The topological polar surface area (TPSA) is 40.5 Å². The van der Waals surface area contributed by atoms with Gasteiger partial charge in [-0.2, -0.15) is 0 Å². The molecule has 2 nitrogen and oxygen atoms in total. The van der Waals surface area contributed by atoms with Crippen molar-refractivity contribution in [1.82, 2.24) is 0 Å². The summed E-state index contributed by atoms with van der Waals surface area (Å²) in [6, 6.07) is 20.2. The van der Waals surface area contributed by atoms with Crippen LogP contribution in [0, 0.1) is 0 Å². The Balaban J connectivity index is 2.12. The summed E-state index contributed by atoms with van der Waals surface area (Å²) in [6.07, 6.45) is 6.35. The van der Waals surface area contributed by atoms with Crippen LogP contribution in [-0.4, -0.2) is 22.4 Å². The van der Waals surface area contributed by atoms with Crippen LogP contribution in [0.25, 0.3) is 0 Å². The summed E-state index contributed by atoms with van der Waals surface area (Å²) < 4.78 is 0. The summed E-state index contributed by atoms with van der Waals surface area (Å²) in [5, 5.41) is 20.0. The molecule has 2 aromatic rings. The molecule has 2 rings (SSSR count). The lowest BCUT2D eigenvalue weighted by Gasteiger charge is -2.27. The number of aliphatic hydroxyl groups is 2. The molecular formula is C20H24O2. The van der Waals surface area contributed by atoms with Crippen molar-refractivity contribution >= 4 is 0 Å². The van der Waals surface area contributed by atoms with Crippen molar-refractivity contribution in [3.05, 3.63) is 83.9 Å². The van der Waals surface area contributed by atoms with Crippen LogP contribution in [0.3, 0.4) is 0 Å². The van der Waals surface area contributed by atoms with E-state index in [9.17, 15) is 5.11 Å². The van der Waals surface area contributed by atoms with Crippen molar-refractivity contribution in [3.63, 3.8) is 0 Å². The Morgan fingerprint density at radius 1 is 0.773 bits per heavy atom. The number of rotatable bonds is 8. The minimum absolute atomic E-state index is 0.145. The highest BCUT2D eigenvalue weighted by molar-refractivity contribution is 5.22. The fourth-order valence-corrected chi connectivity index (χ4v) is 2.65. The normalized spacial score (nSPS) is 11.9. The van der Waals surface area contributed by atoms with Crippen LogP contribution in [0.4, 0.5) is 0 Å². The van der Waals surface area contributed by atoms with E-state index in [0.717, 1.165) is 11.1 Å². The molecule has 0 heterocycles. The molecule has 0 aromatic heterocycles. The van der Waals surface area contributed by atoms with Crippen LogP contribution in [-0.2, 0) is 12.8 Å². The quantitative estimate of drug-likeness (QED) is 0.732. The van der Waals surface area contributed by atoms with Crippen LogP contribution in [0.15, 0.2) is 72.8 Å². The molecule has 2 heteroatoms. The summed E-state index contributed by atoms with van der Waals surface area (Å²) in [7, 11) is 0. The lowest BCUT2D eigenvalue weighted by Crippen LogP contribution is -2.33. The molecule has 116 valence electrons. The van der Waals surface area contributed by atoms with Crippen molar-refractivity contribution in [2.24, 2.45) is 0 Å². The molecule has 0 amide bonds. The highest BCUT2D eigenvalue weighted by Crippen LogP contribution is 2.23. The Morgan fingerprint density at radius 3 is 1.73 bits per heavy atom. The van der Waals surface area contributed by atoms with Gasteiger partial charge >= 0.3 is 0 Å². The van der Waals surface area contributed by atoms with E-state index in [0.29, 0.717) is 25.7 Å². The van der Waals surface area contributed by atoms with E-state index in [1.54, 1.807) is 0 Å². The van der Waals surface area contributed by atoms with E-state index in [1.165, 1.54) is 0 Å². The van der Waals surface area contributed by atoms with Gasteiger partial charge < -0.3 is 10.2 Å². The minimum atomic E-state index is -0.811. The summed E-state index contributed by atoms with van der Waals surface area (Å²) in [4.78, 5) is 0. The van der Waals surface area contributed by atoms with Crippen molar-refractivity contribution in [1.29, 1.82) is 0 Å². The number of hydrogen-bond donors (Lipinski definition) is 2. The summed E-state index contributed by atoms with van der Waals surface area (Å²) >= 11 is 0. The van der Waals surface area contributed by atoms with Gasteiger partial charge in [0.1, 0.15) is 0 Å². The molecule has 0 aliphatic rings. The maximum atomic E-state index is 11.1. The van der Waals surface area contributed by atoms with Gasteiger partial charge in [0.25, 0.3) is 0 Å². The predicted octanol–water partition coefficient (Wildman–Crippen LogP) is 3.53. The predicted molar refractivity (Wildman–Crippen MR) is 90.7 cm³/mol. The Bertz CT molecular complexity index is 519. The second kappa shape index (κ2) is 8.52. The molecule has 2 aromatic carbocycles. The molecule has 0 spiro atoms. The summed E-state index contributed by atoms with van der Waals surface area (Å²) in [6.45, 7) is 0.145. The van der Waals surface area contributed by atoms with E-state index in [4.69, 9.17) is 5.11 Å². The molecule has 0 atom stereocenters. The van der Waals surface area contributed by atoms with Gasteiger partial charge in [-0.05, 0) is 24.0 Å². The Hall–Kier alpha value is -1.90. The maximum Gasteiger partial charge on any atom is 0.0762 e. The number of hydrogen-bond acceptors (Lipinski definition) is 2.